The molecule has 0 aliphatic heterocycles. The van der Waals surface area contributed by atoms with E-state index in [-0.39, 0.29) is 11.4 Å². The number of anilines is 1. The summed E-state index contributed by atoms with van der Waals surface area (Å²) >= 11 is 0. The molecule has 0 N–H and O–H groups in total. The highest BCUT2D eigenvalue weighted by Gasteiger charge is 2.25. The molecule has 0 aliphatic rings. The standard InChI is InChI=1S/C21H20FNO3S/c1-16-3-13-21(14-4-16)27(24,25)23(19-9-7-18(22)8-10-19)15-17-5-11-20(26-2)12-6-17/h3-14H,15H2,1-2H3. The predicted molar refractivity (Wildman–Crippen MR) is 104 cm³/mol. The van der Waals surface area contributed by atoms with E-state index in [0.717, 1.165) is 11.1 Å². The summed E-state index contributed by atoms with van der Waals surface area (Å²) in [6.07, 6.45) is 0. The molecule has 4 nitrogen and oxygen atoms in total. The molecule has 0 spiro atoms. The number of ether oxygens (including phenoxy) is 1. The number of rotatable bonds is 6. The van der Waals surface area contributed by atoms with Gasteiger partial charge in [-0.15, -0.1) is 0 Å². The fourth-order valence-corrected chi connectivity index (χ4v) is 4.11. The van der Waals surface area contributed by atoms with Crippen molar-refractivity contribution < 1.29 is 17.5 Å². The van der Waals surface area contributed by atoms with E-state index in [0.29, 0.717) is 11.4 Å². The molecule has 0 unspecified atom stereocenters. The molecule has 3 rings (SSSR count). The van der Waals surface area contributed by atoms with E-state index in [1.807, 2.05) is 6.92 Å². The smallest absolute Gasteiger partial charge is 0.264 e. The van der Waals surface area contributed by atoms with Gasteiger partial charge >= 0.3 is 0 Å². The summed E-state index contributed by atoms with van der Waals surface area (Å²) in [5, 5.41) is 0. The first-order valence-electron chi connectivity index (χ1n) is 8.38. The van der Waals surface area contributed by atoms with Gasteiger partial charge in [-0.3, -0.25) is 4.31 Å². The topological polar surface area (TPSA) is 46.6 Å². The Balaban J connectivity index is 2.03. The van der Waals surface area contributed by atoms with Gasteiger partial charge in [-0.05, 0) is 61.0 Å². The average Bonchev–Trinajstić information content (AvgIpc) is 2.68. The van der Waals surface area contributed by atoms with Crippen LogP contribution in [-0.4, -0.2) is 15.5 Å². The van der Waals surface area contributed by atoms with Gasteiger partial charge in [-0.2, -0.15) is 0 Å². The van der Waals surface area contributed by atoms with Crippen LogP contribution in [0.4, 0.5) is 10.1 Å². The van der Waals surface area contributed by atoms with Gasteiger partial charge in [-0.25, -0.2) is 12.8 Å². The second kappa shape index (κ2) is 7.80. The number of hydrogen-bond acceptors (Lipinski definition) is 3. The molecule has 0 bridgehead atoms. The highest BCUT2D eigenvalue weighted by molar-refractivity contribution is 7.92. The number of nitrogens with zero attached hydrogens (tertiary/aromatic N) is 1. The summed E-state index contributed by atoms with van der Waals surface area (Å²) in [4.78, 5) is 0.186. The zero-order valence-corrected chi connectivity index (χ0v) is 15.9. The molecule has 0 heterocycles. The molecular formula is C21H20FNO3S. The zero-order valence-electron chi connectivity index (χ0n) is 15.1. The van der Waals surface area contributed by atoms with Crippen LogP contribution < -0.4 is 9.04 Å². The van der Waals surface area contributed by atoms with E-state index in [9.17, 15) is 12.8 Å². The number of aryl methyl sites for hydroxylation is 1. The fraction of sp³-hybridized carbons (Fsp3) is 0.143. The lowest BCUT2D eigenvalue weighted by Crippen LogP contribution is -2.30. The molecule has 3 aromatic carbocycles. The van der Waals surface area contributed by atoms with Crippen LogP contribution in [0.2, 0.25) is 0 Å². The number of benzene rings is 3. The molecule has 0 aromatic heterocycles. The Morgan fingerprint density at radius 1 is 0.889 bits per heavy atom. The van der Waals surface area contributed by atoms with Crippen molar-refractivity contribution in [2.75, 3.05) is 11.4 Å². The number of sulfonamides is 1. The maximum atomic E-state index is 13.3. The van der Waals surface area contributed by atoms with Gasteiger partial charge in [0, 0.05) is 0 Å². The third-order valence-electron chi connectivity index (χ3n) is 4.21. The van der Waals surface area contributed by atoms with Crippen molar-refractivity contribution in [2.24, 2.45) is 0 Å². The Hall–Kier alpha value is -2.86. The molecule has 0 radical (unpaired) electrons. The minimum absolute atomic E-state index is 0.117. The lowest BCUT2D eigenvalue weighted by atomic mass is 10.2. The van der Waals surface area contributed by atoms with Gasteiger partial charge < -0.3 is 4.74 Å². The van der Waals surface area contributed by atoms with E-state index in [2.05, 4.69) is 0 Å². The van der Waals surface area contributed by atoms with Crippen LogP contribution in [0, 0.1) is 12.7 Å². The van der Waals surface area contributed by atoms with Gasteiger partial charge in [0.1, 0.15) is 11.6 Å². The third-order valence-corrected chi connectivity index (χ3v) is 6.00. The SMILES string of the molecule is COc1ccc(CN(c2ccc(F)cc2)S(=O)(=O)c2ccc(C)cc2)cc1. The molecule has 140 valence electrons. The van der Waals surface area contributed by atoms with Crippen molar-refractivity contribution in [1.29, 1.82) is 0 Å². The van der Waals surface area contributed by atoms with E-state index in [4.69, 9.17) is 4.74 Å². The monoisotopic (exact) mass is 385 g/mol. The summed E-state index contributed by atoms with van der Waals surface area (Å²) in [5.74, 6) is 0.268. The number of methoxy groups -OCH3 is 1. The van der Waals surface area contributed by atoms with E-state index in [1.165, 1.54) is 28.6 Å². The second-order valence-corrected chi connectivity index (χ2v) is 8.01. The molecule has 0 amide bonds. The van der Waals surface area contributed by atoms with Gasteiger partial charge in [0.15, 0.2) is 0 Å². The maximum absolute atomic E-state index is 13.3. The first-order valence-corrected chi connectivity index (χ1v) is 9.82. The normalized spacial score (nSPS) is 11.2. The van der Waals surface area contributed by atoms with Crippen molar-refractivity contribution in [2.45, 2.75) is 18.4 Å². The first-order chi connectivity index (χ1) is 12.9. The summed E-state index contributed by atoms with van der Waals surface area (Å²) < 4.78 is 46.3. The predicted octanol–water partition coefficient (Wildman–Crippen LogP) is 4.54. The lowest BCUT2D eigenvalue weighted by molar-refractivity contribution is 0.414. The second-order valence-electron chi connectivity index (χ2n) is 6.15. The van der Waals surface area contributed by atoms with Gasteiger partial charge in [0.05, 0.1) is 24.2 Å². The Kier molecular flexibility index (Phi) is 5.46. The molecule has 27 heavy (non-hydrogen) atoms. The molecule has 6 heteroatoms. The summed E-state index contributed by atoms with van der Waals surface area (Å²) in [5.41, 5.74) is 2.15. The Morgan fingerprint density at radius 2 is 1.48 bits per heavy atom. The Morgan fingerprint density at radius 3 is 2.04 bits per heavy atom. The molecule has 0 saturated heterocycles. The lowest BCUT2D eigenvalue weighted by Gasteiger charge is -2.25. The van der Waals surface area contributed by atoms with Crippen molar-refractivity contribution >= 4 is 15.7 Å². The van der Waals surface area contributed by atoms with Crippen LogP contribution in [0.15, 0.2) is 77.7 Å². The van der Waals surface area contributed by atoms with E-state index >= 15 is 0 Å². The van der Waals surface area contributed by atoms with Gasteiger partial charge in [-0.1, -0.05) is 29.8 Å². The Bertz CT molecular complexity index is 999. The zero-order chi connectivity index (χ0) is 19.4. The number of hydrogen-bond donors (Lipinski definition) is 0. The quantitative estimate of drug-likeness (QED) is 0.626. The molecule has 0 saturated carbocycles. The third kappa shape index (κ3) is 4.28. The van der Waals surface area contributed by atoms with Crippen molar-refractivity contribution in [3.8, 4) is 5.75 Å². The highest BCUT2D eigenvalue weighted by atomic mass is 32.2. The number of halogens is 1. The Labute approximate surface area is 158 Å². The molecule has 0 atom stereocenters. The van der Waals surface area contributed by atoms with Crippen LogP contribution in [0.3, 0.4) is 0 Å². The molecular weight excluding hydrogens is 365 g/mol. The van der Waals surface area contributed by atoms with Crippen molar-refractivity contribution in [1.82, 2.24) is 0 Å². The molecule has 0 fully saturated rings. The van der Waals surface area contributed by atoms with Gasteiger partial charge in [0.25, 0.3) is 10.0 Å². The minimum Gasteiger partial charge on any atom is -0.497 e. The van der Waals surface area contributed by atoms with E-state index < -0.39 is 15.8 Å². The van der Waals surface area contributed by atoms with Crippen molar-refractivity contribution in [3.05, 3.63) is 89.7 Å². The van der Waals surface area contributed by atoms with Crippen LogP contribution in [0.25, 0.3) is 0 Å². The largest absolute Gasteiger partial charge is 0.497 e. The fourth-order valence-electron chi connectivity index (χ4n) is 2.66. The summed E-state index contributed by atoms with van der Waals surface area (Å²) in [6, 6.07) is 19.3. The van der Waals surface area contributed by atoms with Crippen LogP contribution in [-0.2, 0) is 16.6 Å². The summed E-state index contributed by atoms with van der Waals surface area (Å²) in [7, 11) is -2.25. The van der Waals surface area contributed by atoms with Crippen LogP contribution in [0.1, 0.15) is 11.1 Å². The summed E-state index contributed by atoms with van der Waals surface area (Å²) in [6.45, 7) is 2.01. The molecule has 0 aliphatic carbocycles. The van der Waals surface area contributed by atoms with Crippen LogP contribution >= 0.6 is 0 Å². The first kappa shape index (κ1) is 18.9. The van der Waals surface area contributed by atoms with Crippen molar-refractivity contribution in [3.63, 3.8) is 0 Å². The molecule has 3 aromatic rings. The highest BCUT2D eigenvalue weighted by Crippen LogP contribution is 2.27. The maximum Gasteiger partial charge on any atom is 0.264 e. The minimum atomic E-state index is -3.82. The van der Waals surface area contributed by atoms with Crippen LogP contribution in [0.5, 0.6) is 5.75 Å². The van der Waals surface area contributed by atoms with Gasteiger partial charge in [0.2, 0.25) is 0 Å². The average molecular weight is 385 g/mol. The van der Waals surface area contributed by atoms with E-state index in [1.54, 1.807) is 55.6 Å².